The second kappa shape index (κ2) is 4.02. The number of hydrogen-bond donors (Lipinski definition) is 3. The molecule has 3 fully saturated rings. The molecule has 3 saturated carbocycles. The Morgan fingerprint density at radius 2 is 1.37 bits per heavy atom. The van der Waals surface area contributed by atoms with Crippen LogP contribution in [0.15, 0.2) is 0 Å². The SMILES string of the molecule is OC1(C(F)(F)C(O)(O)C(F)(F)F)CC2CCC1CC2. The number of halogens is 5. The van der Waals surface area contributed by atoms with E-state index in [2.05, 4.69) is 0 Å². The van der Waals surface area contributed by atoms with E-state index in [1.165, 1.54) is 0 Å². The summed E-state index contributed by atoms with van der Waals surface area (Å²) in [6.45, 7) is 0. The minimum absolute atomic E-state index is 0.171. The van der Waals surface area contributed by atoms with E-state index in [0.717, 1.165) is 0 Å². The zero-order valence-corrected chi connectivity index (χ0v) is 9.92. The molecule has 0 aromatic heterocycles. The van der Waals surface area contributed by atoms with Crippen molar-refractivity contribution in [2.75, 3.05) is 0 Å². The van der Waals surface area contributed by atoms with Crippen LogP contribution in [-0.2, 0) is 0 Å². The van der Waals surface area contributed by atoms with Crippen LogP contribution in [0.2, 0.25) is 0 Å². The lowest BCUT2D eigenvalue weighted by Gasteiger charge is -2.53. The van der Waals surface area contributed by atoms with Crippen molar-refractivity contribution in [2.45, 2.75) is 55.6 Å². The van der Waals surface area contributed by atoms with Gasteiger partial charge < -0.3 is 15.3 Å². The summed E-state index contributed by atoms with van der Waals surface area (Å²) in [5.74, 6) is -11.6. The maximum Gasteiger partial charge on any atom is 0.449 e. The summed E-state index contributed by atoms with van der Waals surface area (Å²) in [7, 11) is 0. The molecule has 112 valence electrons. The van der Waals surface area contributed by atoms with Gasteiger partial charge in [-0.25, -0.2) is 0 Å². The molecule has 3 nitrogen and oxygen atoms in total. The third-order valence-electron chi connectivity index (χ3n) is 4.50. The number of fused-ring (bicyclic) bond motifs is 3. The molecule has 0 heterocycles. The van der Waals surface area contributed by atoms with Gasteiger partial charge in [0.25, 0.3) is 0 Å². The van der Waals surface area contributed by atoms with Gasteiger partial charge in [-0.15, -0.1) is 0 Å². The summed E-state index contributed by atoms with van der Waals surface area (Å²) >= 11 is 0. The lowest BCUT2D eigenvalue weighted by molar-refractivity contribution is -0.450. The van der Waals surface area contributed by atoms with Gasteiger partial charge in [0.15, 0.2) is 0 Å². The summed E-state index contributed by atoms with van der Waals surface area (Å²) in [4.78, 5) is 0. The van der Waals surface area contributed by atoms with Crippen LogP contribution in [0.3, 0.4) is 0 Å². The number of rotatable bonds is 2. The van der Waals surface area contributed by atoms with Crippen molar-refractivity contribution in [3.8, 4) is 0 Å². The van der Waals surface area contributed by atoms with Crippen molar-refractivity contribution in [3.05, 3.63) is 0 Å². The Hall–Kier alpha value is -0.470. The van der Waals surface area contributed by atoms with Crippen molar-refractivity contribution in [3.63, 3.8) is 0 Å². The van der Waals surface area contributed by atoms with Gasteiger partial charge in [-0.2, -0.15) is 22.0 Å². The minimum atomic E-state index is -5.94. The van der Waals surface area contributed by atoms with Crippen molar-refractivity contribution in [1.82, 2.24) is 0 Å². The first-order valence-corrected chi connectivity index (χ1v) is 6.05. The average Bonchev–Trinajstić information content (AvgIpc) is 2.28. The van der Waals surface area contributed by atoms with E-state index in [1.807, 2.05) is 0 Å². The third kappa shape index (κ3) is 1.87. The van der Waals surface area contributed by atoms with Crippen molar-refractivity contribution >= 4 is 0 Å². The topological polar surface area (TPSA) is 60.7 Å². The van der Waals surface area contributed by atoms with Crippen LogP contribution in [0.1, 0.15) is 32.1 Å². The fourth-order valence-electron chi connectivity index (χ4n) is 3.32. The zero-order valence-electron chi connectivity index (χ0n) is 9.92. The van der Waals surface area contributed by atoms with E-state index >= 15 is 0 Å². The van der Waals surface area contributed by atoms with Crippen LogP contribution in [0.5, 0.6) is 0 Å². The van der Waals surface area contributed by atoms with Crippen molar-refractivity contribution in [2.24, 2.45) is 11.8 Å². The molecule has 0 spiro atoms. The predicted molar refractivity (Wildman–Crippen MR) is 53.2 cm³/mol. The minimum Gasteiger partial charge on any atom is -0.383 e. The predicted octanol–water partition coefficient (Wildman–Crippen LogP) is 1.81. The Morgan fingerprint density at radius 1 is 0.895 bits per heavy atom. The molecule has 3 aliphatic rings. The van der Waals surface area contributed by atoms with Gasteiger partial charge in [-0.05, 0) is 43.9 Å². The van der Waals surface area contributed by atoms with Crippen LogP contribution in [0, 0.1) is 11.8 Å². The standard InChI is InChI=1S/C11H15F5O3/c12-9(13,10(18,19)11(14,15)16)8(17)5-6-1-3-7(8)4-2-6/h6-7,17-19H,1-5H2. The van der Waals surface area contributed by atoms with E-state index < -0.39 is 35.8 Å². The summed E-state index contributed by atoms with van der Waals surface area (Å²) in [6, 6.07) is 0. The molecule has 3 N–H and O–H groups in total. The Bertz CT molecular complexity index is 360. The Labute approximate surface area is 106 Å². The Morgan fingerprint density at radius 3 is 1.68 bits per heavy atom. The molecular formula is C11H15F5O3. The second-order valence-corrected chi connectivity index (χ2v) is 5.59. The van der Waals surface area contributed by atoms with Gasteiger partial charge in [0, 0.05) is 0 Å². The molecule has 0 aromatic rings. The molecular weight excluding hydrogens is 275 g/mol. The first-order chi connectivity index (χ1) is 8.43. The molecule has 1 atom stereocenters. The maximum atomic E-state index is 14.0. The van der Waals surface area contributed by atoms with Gasteiger partial charge in [0.05, 0.1) is 0 Å². The smallest absolute Gasteiger partial charge is 0.383 e. The lowest BCUT2D eigenvalue weighted by Crippen LogP contribution is -2.72. The summed E-state index contributed by atoms with van der Waals surface area (Å²) < 4.78 is 65.1. The summed E-state index contributed by atoms with van der Waals surface area (Å²) in [5, 5.41) is 27.7. The molecule has 3 rings (SSSR count). The number of hydrogen-bond acceptors (Lipinski definition) is 3. The van der Waals surface area contributed by atoms with E-state index in [-0.39, 0.29) is 18.8 Å². The molecule has 0 aromatic carbocycles. The largest absolute Gasteiger partial charge is 0.449 e. The molecule has 8 heteroatoms. The molecule has 0 radical (unpaired) electrons. The monoisotopic (exact) mass is 290 g/mol. The van der Waals surface area contributed by atoms with Crippen LogP contribution in [0.25, 0.3) is 0 Å². The quantitative estimate of drug-likeness (QED) is 0.537. The number of aliphatic hydroxyl groups is 3. The highest BCUT2D eigenvalue weighted by Gasteiger charge is 2.78. The summed E-state index contributed by atoms with van der Waals surface area (Å²) in [6.07, 6.45) is -5.00. The van der Waals surface area contributed by atoms with Gasteiger partial charge in [-0.1, -0.05) is 0 Å². The number of alkyl halides is 5. The average molecular weight is 290 g/mol. The van der Waals surface area contributed by atoms with Crippen molar-refractivity contribution < 1.29 is 37.3 Å². The zero-order chi connectivity index (χ0) is 14.7. The van der Waals surface area contributed by atoms with Gasteiger partial charge in [0.1, 0.15) is 5.60 Å². The van der Waals surface area contributed by atoms with Gasteiger partial charge >= 0.3 is 17.9 Å². The molecule has 3 aliphatic carbocycles. The van der Waals surface area contributed by atoms with Crippen molar-refractivity contribution in [1.29, 1.82) is 0 Å². The Balaban J connectivity index is 2.39. The highest BCUT2D eigenvalue weighted by atomic mass is 19.4. The fraction of sp³-hybridized carbons (Fsp3) is 1.00. The second-order valence-electron chi connectivity index (χ2n) is 5.59. The lowest BCUT2D eigenvalue weighted by atomic mass is 9.59. The fourth-order valence-corrected chi connectivity index (χ4v) is 3.32. The van der Waals surface area contributed by atoms with Crippen LogP contribution < -0.4 is 0 Å². The van der Waals surface area contributed by atoms with E-state index in [0.29, 0.717) is 12.8 Å². The van der Waals surface area contributed by atoms with E-state index in [1.54, 1.807) is 0 Å². The maximum absolute atomic E-state index is 14.0. The molecule has 1 unspecified atom stereocenters. The molecule has 0 saturated heterocycles. The molecule has 0 aliphatic heterocycles. The molecule has 19 heavy (non-hydrogen) atoms. The summed E-state index contributed by atoms with van der Waals surface area (Å²) in [5.41, 5.74) is -3.02. The first-order valence-electron chi connectivity index (χ1n) is 6.05. The highest BCUT2D eigenvalue weighted by molar-refractivity contribution is 5.11. The molecule has 2 bridgehead atoms. The highest BCUT2D eigenvalue weighted by Crippen LogP contribution is 2.57. The van der Waals surface area contributed by atoms with Gasteiger partial charge in [-0.3, -0.25) is 0 Å². The van der Waals surface area contributed by atoms with Crippen LogP contribution in [0.4, 0.5) is 22.0 Å². The van der Waals surface area contributed by atoms with E-state index in [4.69, 9.17) is 10.2 Å². The molecule has 0 amide bonds. The van der Waals surface area contributed by atoms with E-state index in [9.17, 15) is 27.1 Å². The normalized spacial score (nSPS) is 36.6. The van der Waals surface area contributed by atoms with Crippen LogP contribution in [-0.4, -0.2) is 38.8 Å². The Kier molecular flexibility index (Phi) is 3.16. The third-order valence-corrected chi connectivity index (χ3v) is 4.50. The van der Waals surface area contributed by atoms with Gasteiger partial charge in [0.2, 0.25) is 0 Å². The first kappa shape index (κ1) is 14.9. The van der Waals surface area contributed by atoms with Crippen LogP contribution >= 0.6 is 0 Å².